The Morgan fingerprint density at radius 1 is 1.56 bits per heavy atom. The third-order valence-electron chi connectivity index (χ3n) is 1.70. The molecule has 0 aliphatic rings. The molecule has 2 N–H and O–H groups in total. The first-order chi connectivity index (χ1) is 7.33. The number of carbonyl (C=O) groups excluding carboxylic acids is 1. The molecule has 1 aromatic rings. The van der Waals surface area contributed by atoms with Gasteiger partial charge in [-0.3, -0.25) is 4.79 Å². The summed E-state index contributed by atoms with van der Waals surface area (Å²) in [6, 6.07) is 1.34. The molecule has 1 heterocycles. The van der Waals surface area contributed by atoms with Gasteiger partial charge in [-0.15, -0.1) is 0 Å². The van der Waals surface area contributed by atoms with Crippen LogP contribution in [0.2, 0.25) is 0 Å². The largest absolute Gasteiger partial charge is 0.356 e. The Morgan fingerprint density at radius 3 is 2.62 bits per heavy atom. The molecule has 3 nitrogen and oxygen atoms in total. The van der Waals surface area contributed by atoms with Crippen LogP contribution in [-0.2, 0) is 0 Å². The quantitative estimate of drug-likeness (QED) is 0.824. The third kappa shape index (κ3) is 3.22. The summed E-state index contributed by atoms with van der Waals surface area (Å²) in [5.41, 5.74) is 0.0111. The van der Waals surface area contributed by atoms with Crippen LogP contribution in [0.4, 0.5) is 17.6 Å². The fourth-order valence-electron chi connectivity index (χ4n) is 0.870. The number of carbonyl (C=O) groups is 1. The molecule has 0 bridgehead atoms. The fourth-order valence-corrected chi connectivity index (χ4v) is 1.21. The number of aromatic amines is 1. The number of nitrogens with one attached hydrogen (secondary N) is 2. The van der Waals surface area contributed by atoms with Gasteiger partial charge >= 0.3 is 12.3 Å². The number of amides is 1. The van der Waals surface area contributed by atoms with Gasteiger partial charge < -0.3 is 10.3 Å². The summed E-state index contributed by atoms with van der Waals surface area (Å²) >= 11 is 3.03. The highest BCUT2D eigenvalue weighted by Crippen LogP contribution is 2.21. The number of hydrogen-bond acceptors (Lipinski definition) is 1. The minimum absolute atomic E-state index is 0.0111. The Bertz CT molecular complexity index is 380. The molecule has 90 valence electrons. The average Bonchev–Trinajstić information content (AvgIpc) is 2.61. The standard InChI is InChI=1S/C8H7BrF4N2O/c9-4-1-5(14-2-4)6(16)15-3-8(12,13)7(10)11/h1-2,7,14H,3H2,(H,15,16). The zero-order valence-electron chi connectivity index (χ0n) is 7.74. The second-order valence-electron chi connectivity index (χ2n) is 2.98. The number of alkyl halides is 4. The lowest BCUT2D eigenvalue weighted by atomic mass is 10.3. The molecule has 0 aliphatic heterocycles. The molecular weight excluding hydrogens is 296 g/mol. The van der Waals surface area contributed by atoms with E-state index in [1.54, 1.807) is 5.32 Å². The number of halogens is 5. The van der Waals surface area contributed by atoms with Crippen molar-refractivity contribution in [2.24, 2.45) is 0 Å². The van der Waals surface area contributed by atoms with Crippen LogP contribution >= 0.6 is 15.9 Å². The van der Waals surface area contributed by atoms with E-state index in [-0.39, 0.29) is 5.69 Å². The van der Waals surface area contributed by atoms with Crippen LogP contribution in [0.25, 0.3) is 0 Å². The Hall–Kier alpha value is -1.05. The molecule has 0 saturated carbocycles. The first-order valence-corrected chi connectivity index (χ1v) is 4.90. The van der Waals surface area contributed by atoms with Crippen LogP contribution in [0.1, 0.15) is 10.5 Å². The Kier molecular flexibility index (Phi) is 3.95. The first kappa shape index (κ1) is 13.0. The lowest BCUT2D eigenvalue weighted by Crippen LogP contribution is -2.41. The van der Waals surface area contributed by atoms with Crippen molar-refractivity contribution in [3.8, 4) is 0 Å². The van der Waals surface area contributed by atoms with Crippen LogP contribution in [0, 0.1) is 0 Å². The van der Waals surface area contributed by atoms with Gasteiger partial charge in [-0.2, -0.15) is 8.78 Å². The molecule has 0 aromatic carbocycles. The highest BCUT2D eigenvalue weighted by Gasteiger charge is 2.40. The van der Waals surface area contributed by atoms with Crippen molar-refractivity contribution in [1.82, 2.24) is 10.3 Å². The van der Waals surface area contributed by atoms with Gasteiger partial charge in [0, 0.05) is 10.7 Å². The molecule has 0 aliphatic carbocycles. The van der Waals surface area contributed by atoms with E-state index < -0.39 is 24.8 Å². The zero-order chi connectivity index (χ0) is 12.3. The molecule has 0 unspecified atom stereocenters. The van der Waals surface area contributed by atoms with Crippen LogP contribution in [0.3, 0.4) is 0 Å². The topological polar surface area (TPSA) is 44.9 Å². The first-order valence-electron chi connectivity index (χ1n) is 4.11. The molecule has 0 fully saturated rings. The summed E-state index contributed by atoms with van der Waals surface area (Å²) in [7, 11) is 0. The molecule has 1 amide bonds. The monoisotopic (exact) mass is 302 g/mol. The van der Waals surface area contributed by atoms with Crippen LogP contribution in [0.15, 0.2) is 16.7 Å². The molecule has 0 radical (unpaired) electrons. The van der Waals surface area contributed by atoms with Gasteiger partial charge in [-0.05, 0) is 22.0 Å². The molecule has 0 atom stereocenters. The van der Waals surface area contributed by atoms with Crippen molar-refractivity contribution in [3.05, 3.63) is 22.4 Å². The van der Waals surface area contributed by atoms with Gasteiger partial charge in [-0.1, -0.05) is 0 Å². The Morgan fingerprint density at radius 2 is 2.19 bits per heavy atom. The van der Waals surface area contributed by atoms with E-state index >= 15 is 0 Å². The molecule has 1 rings (SSSR count). The highest BCUT2D eigenvalue weighted by molar-refractivity contribution is 9.10. The van der Waals surface area contributed by atoms with E-state index in [9.17, 15) is 22.4 Å². The Labute approximate surface area is 96.3 Å². The van der Waals surface area contributed by atoms with Crippen molar-refractivity contribution in [2.75, 3.05) is 6.54 Å². The van der Waals surface area contributed by atoms with Crippen molar-refractivity contribution >= 4 is 21.8 Å². The lowest BCUT2D eigenvalue weighted by molar-refractivity contribution is -0.123. The van der Waals surface area contributed by atoms with Crippen molar-refractivity contribution < 1.29 is 22.4 Å². The molecule has 0 spiro atoms. The van der Waals surface area contributed by atoms with Gasteiger partial charge in [0.25, 0.3) is 5.91 Å². The van der Waals surface area contributed by atoms with E-state index in [0.29, 0.717) is 4.47 Å². The summed E-state index contributed by atoms with van der Waals surface area (Å²) in [4.78, 5) is 13.7. The number of aromatic nitrogens is 1. The molecule has 16 heavy (non-hydrogen) atoms. The summed E-state index contributed by atoms with van der Waals surface area (Å²) in [5, 5.41) is 1.71. The maximum atomic E-state index is 12.4. The average molecular weight is 303 g/mol. The molecule has 8 heteroatoms. The van der Waals surface area contributed by atoms with Gasteiger partial charge in [-0.25, -0.2) is 8.78 Å². The predicted octanol–water partition coefficient (Wildman–Crippen LogP) is 2.41. The minimum atomic E-state index is -4.22. The minimum Gasteiger partial charge on any atom is -0.356 e. The smallest absolute Gasteiger partial charge is 0.324 e. The summed E-state index contributed by atoms with van der Waals surface area (Å²) in [6.07, 6.45) is -2.39. The predicted molar refractivity (Wildman–Crippen MR) is 51.8 cm³/mol. The third-order valence-corrected chi connectivity index (χ3v) is 2.15. The molecule has 1 aromatic heterocycles. The lowest BCUT2D eigenvalue weighted by Gasteiger charge is -2.15. The fraction of sp³-hybridized carbons (Fsp3) is 0.375. The molecular formula is C8H7BrF4N2O. The van der Waals surface area contributed by atoms with Crippen molar-refractivity contribution in [3.63, 3.8) is 0 Å². The SMILES string of the molecule is O=C(NCC(F)(F)C(F)F)c1cc(Br)c[nH]1. The number of rotatable bonds is 4. The number of H-pyrrole nitrogens is 1. The summed E-state index contributed by atoms with van der Waals surface area (Å²) in [6.45, 7) is -1.40. The van der Waals surface area contributed by atoms with Gasteiger partial charge in [0.15, 0.2) is 0 Å². The van der Waals surface area contributed by atoms with E-state index in [2.05, 4.69) is 20.9 Å². The van der Waals surface area contributed by atoms with E-state index in [1.807, 2.05) is 0 Å². The van der Waals surface area contributed by atoms with Gasteiger partial charge in [0.1, 0.15) is 5.69 Å². The Balaban J connectivity index is 2.54. The van der Waals surface area contributed by atoms with Gasteiger partial charge in [0.05, 0.1) is 6.54 Å². The summed E-state index contributed by atoms with van der Waals surface area (Å²) in [5.74, 6) is -5.09. The highest BCUT2D eigenvalue weighted by atomic mass is 79.9. The van der Waals surface area contributed by atoms with E-state index in [4.69, 9.17) is 0 Å². The normalized spacial score (nSPS) is 11.9. The molecule has 0 saturated heterocycles. The maximum absolute atomic E-state index is 12.4. The van der Waals surface area contributed by atoms with Crippen molar-refractivity contribution in [1.29, 1.82) is 0 Å². The van der Waals surface area contributed by atoms with Crippen molar-refractivity contribution in [2.45, 2.75) is 12.3 Å². The second kappa shape index (κ2) is 4.86. The zero-order valence-corrected chi connectivity index (χ0v) is 9.32. The maximum Gasteiger partial charge on any atom is 0.324 e. The van der Waals surface area contributed by atoms with E-state index in [1.165, 1.54) is 12.3 Å². The second-order valence-corrected chi connectivity index (χ2v) is 3.89. The summed E-state index contributed by atoms with van der Waals surface area (Å²) < 4.78 is 48.9. The number of hydrogen-bond donors (Lipinski definition) is 2. The van der Waals surface area contributed by atoms with E-state index in [0.717, 1.165) is 0 Å². The van der Waals surface area contributed by atoms with Crippen LogP contribution in [-0.4, -0.2) is 29.8 Å². The van der Waals surface area contributed by atoms with Gasteiger partial charge in [0.2, 0.25) is 0 Å². The van der Waals surface area contributed by atoms with Crippen LogP contribution in [0.5, 0.6) is 0 Å². The van der Waals surface area contributed by atoms with Crippen LogP contribution < -0.4 is 5.32 Å².